The van der Waals surface area contributed by atoms with E-state index in [-0.39, 0.29) is 16.7 Å². The summed E-state index contributed by atoms with van der Waals surface area (Å²) >= 11 is 0. The van der Waals surface area contributed by atoms with E-state index >= 15 is 0 Å². The number of rotatable bonds is 5. The van der Waals surface area contributed by atoms with Crippen LogP contribution in [0.1, 0.15) is 35.9 Å². The highest BCUT2D eigenvalue weighted by Crippen LogP contribution is 2.37. The molecule has 0 radical (unpaired) electrons. The van der Waals surface area contributed by atoms with Crippen molar-refractivity contribution in [2.24, 2.45) is 0 Å². The molecule has 134 valence electrons. The minimum Gasteiger partial charge on any atom is -0.497 e. The van der Waals surface area contributed by atoms with Gasteiger partial charge >= 0.3 is 5.97 Å². The molecule has 2 aromatic rings. The summed E-state index contributed by atoms with van der Waals surface area (Å²) in [5.74, 6) is -0.671. The summed E-state index contributed by atoms with van der Waals surface area (Å²) in [5.41, 5.74) is -0.568. The van der Waals surface area contributed by atoms with Crippen molar-refractivity contribution in [3.8, 4) is 16.9 Å². The highest BCUT2D eigenvalue weighted by Gasteiger charge is 2.30. The molecule has 1 atom stereocenters. The van der Waals surface area contributed by atoms with Gasteiger partial charge in [0.05, 0.1) is 25.4 Å². The Morgan fingerprint density at radius 1 is 1.12 bits per heavy atom. The van der Waals surface area contributed by atoms with Crippen molar-refractivity contribution in [2.45, 2.75) is 25.6 Å². The van der Waals surface area contributed by atoms with E-state index in [4.69, 9.17) is 4.74 Å². The first-order valence-corrected chi connectivity index (χ1v) is 7.65. The van der Waals surface area contributed by atoms with Gasteiger partial charge in [-0.1, -0.05) is 6.07 Å². The molecule has 2 rings (SSSR count). The second kappa shape index (κ2) is 7.21. The second-order valence-electron chi connectivity index (χ2n) is 6.20. The van der Waals surface area contributed by atoms with Crippen LogP contribution in [0.25, 0.3) is 11.1 Å². The lowest BCUT2D eigenvalue weighted by Crippen LogP contribution is -2.29. The van der Waals surface area contributed by atoms with E-state index < -0.39 is 23.5 Å². The van der Waals surface area contributed by atoms with Gasteiger partial charge in [0.15, 0.2) is 0 Å². The van der Waals surface area contributed by atoms with Crippen LogP contribution in [-0.4, -0.2) is 36.0 Å². The first-order valence-electron chi connectivity index (χ1n) is 7.65. The predicted molar refractivity (Wildman–Crippen MR) is 91.0 cm³/mol. The zero-order valence-electron chi connectivity index (χ0n) is 14.5. The van der Waals surface area contributed by atoms with E-state index in [1.165, 1.54) is 64.5 Å². The number of methoxy groups -OCH3 is 2. The van der Waals surface area contributed by atoms with Gasteiger partial charge in [-0.3, -0.25) is 0 Å². The standard InChI is InChI=1S/C19H21FO5/c1-19(2,23)17(21)15-9-11(18(22)25-4)5-7-13(15)14-10-12(24-3)6-8-16(14)20/h5-10,17,21,23H,1-4H3/t17-/m1/s1. The molecule has 6 heteroatoms. The number of halogens is 1. The maximum atomic E-state index is 14.4. The van der Waals surface area contributed by atoms with Crippen LogP contribution in [0.5, 0.6) is 5.75 Å². The maximum absolute atomic E-state index is 14.4. The quantitative estimate of drug-likeness (QED) is 0.812. The lowest BCUT2D eigenvalue weighted by Gasteiger charge is -2.27. The molecule has 25 heavy (non-hydrogen) atoms. The van der Waals surface area contributed by atoms with Gasteiger partial charge in [-0.2, -0.15) is 0 Å². The normalized spacial score (nSPS) is 12.6. The number of aliphatic hydroxyl groups is 2. The van der Waals surface area contributed by atoms with E-state index in [1.54, 1.807) is 0 Å². The van der Waals surface area contributed by atoms with Gasteiger partial charge in [-0.05, 0) is 55.3 Å². The predicted octanol–water partition coefficient (Wildman–Crippen LogP) is 3.09. The Hall–Kier alpha value is -2.44. The maximum Gasteiger partial charge on any atom is 0.337 e. The number of hydrogen-bond donors (Lipinski definition) is 2. The van der Waals surface area contributed by atoms with Crippen LogP contribution in [0.3, 0.4) is 0 Å². The molecular weight excluding hydrogens is 327 g/mol. The smallest absolute Gasteiger partial charge is 0.337 e. The molecule has 2 N–H and O–H groups in total. The fourth-order valence-electron chi connectivity index (χ4n) is 2.50. The topological polar surface area (TPSA) is 76.0 Å². The third-order valence-corrected chi connectivity index (χ3v) is 3.90. The monoisotopic (exact) mass is 348 g/mol. The first kappa shape index (κ1) is 18.9. The van der Waals surface area contributed by atoms with Gasteiger partial charge in [0, 0.05) is 5.56 Å². The van der Waals surface area contributed by atoms with Crippen molar-refractivity contribution >= 4 is 5.97 Å². The highest BCUT2D eigenvalue weighted by molar-refractivity contribution is 5.90. The molecule has 0 aliphatic heterocycles. The Labute approximate surface area is 145 Å². The van der Waals surface area contributed by atoms with Crippen LogP contribution in [0.2, 0.25) is 0 Å². The van der Waals surface area contributed by atoms with E-state index in [0.717, 1.165) is 0 Å². The van der Waals surface area contributed by atoms with Gasteiger partial charge in [-0.25, -0.2) is 9.18 Å². The Kier molecular flexibility index (Phi) is 5.45. The Morgan fingerprint density at radius 3 is 2.36 bits per heavy atom. The van der Waals surface area contributed by atoms with Crippen molar-refractivity contribution in [3.05, 3.63) is 53.3 Å². The molecule has 0 amide bonds. The van der Waals surface area contributed by atoms with E-state index in [2.05, 4.69) is 4.74 Å². The fraction of sp³-hybridized carbons (Fsp3) is 0.316. The van der Waals surface area contributed by atoms with E-state index in [9.17, 15) is 19.4 Å². The van der Waals surface area contributed by atoms with Crippen LogP contribution < -0.4 is 4.74 Å². The molecule has 2 aromatic carbocycles. The molecule has 0 saturated heterocycles. The first-order chi connectivity index (χ1) is 11.7. The SMILES string of the molecule is COC(=O)c1ccc(-c2cc(OC)ccc2F)c([C@@H](O)C(C)(C)O)c1. The number of ether oxygens (including phenoxy) is 2. The molecule has 5 nitrogen and oxygen atoms in total. The molecule has 0 saturated carbocycles. The number of esters is 1. The molecule has 0 aliphatic rings. The van der Waals surface area contributed by atoms with Crippen molar-refractivity contribution < 1.29 is 28.9 Å². The van der Waals surface area contributed by atoms with Crippen molar-refractivity contribution in [1.29, 1.82) is 0 Å². The van der Waals surface area contributed by atoms with Gasteiger partial charge in [0.25, 0.3) is 0 Å². The average Bonchev–Trinajstić information content (AvgIpc) is 2.59. The summed E-state index contributed by atoms with van der Waals surface area (Å²) in [6, 6.07) is 8.59. The molecular formula is C19H21FO5. The Balaban J connectivity index is 2.71. The third-order valence-electron chi connectivity index (χ3n) is 3.90. The summed E-state index contributed by atoms with van der Waals surface area (Å²) in [5, 5.41) is 20.7. The summed E-state index contributed by atoms with van der Waals surface area (Å²) in [4.78, 5) is 11.8. The zero-order valence-corrected chi connectivity index (χ0v) is 14.5. The molecule has 0 aliphatic carbocycles. The average molecular weight is 348 g/mol. The van der Waals surface area contributed by atoms with Gasteiger partial charge in [0.2, 0.25) is 0 Å². The minimum absolute atomic E-state index is 0.188. The summed E-state index contributed by atoms with van der Waals surface area (Å²) in [7, 11) is 2.70. The fourth-order valence-corrected chi connectivity index (χ4v) is 2.50. The molecule has 0 bridgehead atoms. The Morgan fingerprint density at radius 2 is 1.80 bits per heavy atom. The van der Waals surface area contributed by atoms with Gasteiger partial charge < -0.3 is 19.7 Å². The van der Waals surface area contributed by atoms with Gasteiger partial charge in [-0.15, -0.1) is 0 Å². The largest absolute Gasteiger partial charge is 0.497 e. The van der Waals surface area contributed by atoms with Crippen LogP contribution >= 0.6 is 0 Å². The van der Waals surface area contributed by atoms with Crippen molar-refractivity contribution in [2.75, 3.05) is 14.2 Å². The molecule has 0 aromatic heterocycles. The van der Waals surface area contributed by atoms with Crippen LogP contribution in [0.4, 0.5) is 4.39 Å². The van der Waals surface area contributed by atoms with E-state index in [0.29, 0.717) is 11.3 Å². The minimum atomic E-state index is -1.50. The number of aliphatic hydroxyl groups excluding tert-OH is 1. The van der Waals surface area contributed by atoms with Crippen LogP contribution in [-0.2, 0) is 4.74 Å². The number of hydrogen-bond acceptors (Lipinski definition) is 5. The molecule has 0 heterocycles. The lowest BCUT2D eigenvalue weighted by molar-refractivity contribution is -0.0494. The van der Waals surface area contributed by atoms with Crippen molar-refractivity contribution in [3.63, 3.8) is 0 Å². The molecule has 0 unspecified atom stereocenters. The summed E-state index contributed by atoms with van der Waals surface area (Å²) in [6.07, 6.45) is -1.35. The van der Waals surface area contributed by atoms with E-state index in [1.807, 2.05) is 0 Å². The molecule has 0 spiro atoms. The van der Waals surface area contributed by atoms with Crippen LogP contribution in [0.15, 0.2) is 36.4 Å². The summed E-state index contributed by atoms with van der Waals surface area (Å²) < 4.78 is 24.2. The second-order valence-corrected chi connectivity index (χ2v) is 6.20. The third kappa shape index (κ3) is 3.97. The molecule has 0 fully saturated rings. The van der Waals surface area contributed by atoms with Crippen molar-refractivity contribution in [1.82, 2.24) is 0 Å². The number of carbonyl (C=O) groups is 1. The highest BCUT2D eigenvalue weighted by atomic mass is 19.1. The summed E-state index contributed by atoms with van der Waals surface area (Å²) in [6.45, 7) is 2.85. The van der Waals surface area contributed by atoms with Gasteiger partial charge in [0.1, 0.15) is 17.7 Å². The number of benzene rings is 2. The number of carbonyl (C=O) groups excluding carboxylic acids is 1. The zero-order chi connectivity index (χ0) is 18.8. The van der Waals surface area contributed by atoms with Crippen LogP contribution in [0, 0.1) is 5.82 Å². The Bertz CT molecular complexity index is 780. The lowest BCUT2D eigenvalue weighted by atomic mass is 9.87.